The highest BCUT2D eigenvalue weighted by Crippen LogP contribution is 2.16. The Labute approximate surface area is 152 Å². The van der Waals surface area contributed by atoms with Crippen molar-refractivity contribution >= 4 is 45.4 Å². The Kier molecular flexibility index (Phi) is 5.76. The van der Waals surface area contributed by atoms with Gasteiger partial charge in [-0.15, -0.1) is 22.7 Å². The van der Waals surface area contributed by atoms with Crippen molar-refractivity contribution in [1.82, 2.24) is 10.3 Å². The van der Waals surface area contributed by atoms with E-state index in [9.17, 15) is 9.59 Å². The van der Waals surface area contributed by atoms with Crippen molar-refractivity contribution in [3.63, 3.8) is 0 Å². The highest BCUT2D eigenvalue weighted by molar-refractivity contribution is 7.14. The van der Waals surface area contributed by atoms with Crippen LogP contribution in [0.2, 0.25) is 0 Å². The fourth-order valence-corrected chi connectivity index (χ4v) is 3.40. The second-order valence-corrected chi connectivity index (χ2v) is 7.01. The molecule has 0 aliphatic carbocycles. The van der Waals surface area contributed by atoms with Crippen LogP contribution in [0, 0.1) is 0 Å². The number of para-hydroxylation sites is 1. The smallest absolute Gasteiger partial charge is 0.325 e. The third kappa shape index (κ3) is 5.40. The van der Waals surface area contributed by atoms with E-state index < -0.39 is 0 Å². The molecule has 3 N–H and O–H groups in total. The number of amides is 3. The molecule has 25 heavy (non-hydrogen) atoms. The number of thiazole rings is 1. The average Bonchev–Trinajstić information content (AvgIpc) is 3.26. The van der Waals surface area contributed by atoms with Gasteiger partial charge in [-0.25, -0.2) is 9.78 Å². The van der Waals surface area contributed by atoms with Crippen molar-refractivity contribution in [2.75, 3.05) is 10.6 Å². The van der Waals surface area contributed by atoms with Crippen molar-refractivity contribution in [1.29, 1.82) is 0 Å². The van der Waals surface area contributed by atoms with Crippen LogP contribution in [-0.4, -0.2) is 16.9 Å². The van der Waals surface area contributed by atoms with Crippen LogP contribution < -0.4 is 16.0 Å². The minimum Gasteiger partial charge on any atom is -0.351 e. The number of carbonyl (C=O) groups is 2. The number of thiophene rings is 1. The lowest BCUT2D eigenvalue weighted by atomic mass is 10.3. The molecule has 3 aromatic rings. The van der Waals surface area contributed by atoms with Crippen LogP contribution in [0.3, 0.4) is 0 Å². The SMILES string of the molecule is O=C(Cc1csc(NC(=O)Nc2ccccc2)n1)NCc1cccs1. The summed E-state index contributed by atoms with van der Waals surface area (Å²) in [6.07, 6.45) is 0.184. The molecule has 0 aliphatic rings. The number of anilines is 2. The van der Waals surface area contributed by atoms with Crippen LogP contribution in [0.1, 0.15) is 10.6 Å². The molecule has 8 heteroatoms. The summed E-state index contributed by atoms with van der Waals surface area (Å²) in [7, 11) is 0. The van der Waals surface area contributed by atoms with E-state index in [0.717, 1.165) is 4.88 Å². The van der Waals surface area contributed by atoms with E-state index in [2.05, 4.69) is 20.9 Å². The number of hydrogen-bond acceptors (Lipinski definition) is 5. The summed E-state index contributed by atoms with van der Waals surface area (Å²) in [5.41, 5.74) is 1.33. The zero-order valence-corrected chi connectivity index (χ0v) is 14.8. The van der Waals surface area contributed by atoms with Gasteiger partial charge in [0.15, 0.2) is 5.13 Å². The van der Waals surface area contributed by atoms with Crippen LogP contribution in [0.5, 0.6) is 0 Å². The molecule has 0 aliphatic heterocycles. The Bertz CT molecular complexity index is 831. The van der Waals surface area contributed by atoms with Gasteiger partial charge >= 0.3 is 6.03 Å². The minimum absolute atomic E-state index is 0.0982. The van der Waals surface area contributed by atoms with Crippen LogP contribution in [-0.2, 0) is 17.8 Å². The van der Waals surface area contributed by atoms with Crippen molar-refractivity contribution < 1.29 is 9.59 Å². The fraction of sp³-hybridized carbons (Fsp3) is 0.118. The van der Waals surface area contributed by atoms with Gasteiger partial charge < -0.3 is 10.6 Å². The van der Waals surface area contributed by atoms with Crippen LogP contribution in [0.25, 0.3) is 0 Å². The minimum atomic E-state index is -0.366. The summed E-state index contributed by atoms with van der Waals surface area (Å²) in [6.45, 7) is 0.519. The molecule has 0 saturated heterocycles. The molecular formula is C17H16N4O2S2. The molecule has 3 amide bonds. The molecule has 6 nitrogen and oxygen atoms in total. The van der Waals surface area contributed by atoms with E-state index >= 15 is 0 Å². The largest absolute Gasteiger partial charge is 0.351 e. The lowest BCUT2D eigenvalue weighted by Gasteiger charge is -2.04. The Morgan fingerprint density at radius 2 is 1.84 bits per heavy atom. The van der Waals surface area contributed by atoms with Crippen molar-refractivity contribution in [2.45, 2.75) is 13.0 Å². The summed E-state index contributed by atoms with van der Waals surface area (Å²) >= 11 is 2.89. The molecule has 0 bridgehead atoms. The van der Waals surface area contributed by atoms with E-state index in [-0.39, 0.29) is 18.4 Å². The van der Waals surface area contributed by atoms with Gasteiger partial charge in [0.25, 0.3) is 0 Å². The third-order valence-corrected chi connectivity index (χ3v) is 4.87. The Balaban J connectivity index is 1.46. The molecule has 3 rings (SSSR count). The third-order valence-electron chi connectivity index (χ3n) is 3.19. The zero-order chi connectivity index (χ0) is 17.5. The molecule has 0 saturated carbocycles. The van der Waals surface area contributed by atoms with Gasteiger partial charge in [-0.3, -0.25) is 10.1 Å². The number of nitrogens with zero attached hydrogens (tertiary/aromatic N) is 1. The Morgan fingerprint density at radius 1 is 1.00 bits per heavy atom. The molecular weight excluding hydrogens is 356 g/mol. The quantitative estimate of drug-likeness (QED) is 0.617. The fourth-order valence-electron chi connectivity index (χ4n) is 2.05. The number of urea groups is 1. The first-order chi connectivity index (χ1) is 12.2. The van der Waals surface area contributed by atoms with Gasteiger partial charge in [-0.2, -0.15) is 0 Å². The van der Waals surface area contributed by atoms with Gasteiger partial charge in [0.1, 0.15) is 0 Å². The second kappa shape index (κ2) is 8.41. The second-order valence-electron chi connectivity index (χ2n) is 5.12. The average molecular weight is 372 g/mol. The highest BCUT2D eigenvalue weighted by atomic mass is 32.1. The maximum absolute atomic E-state index is 11.9. The Hall–Kier alpha value is -2.71. The molecule has 128 valence electrons. The molecule has 0 fully saturated rings. The van der Waals surface area contributed by atoms with Crippen LogP contribution in [0.15, 0.2) is 53.2 Å². The first-order valence-corrected chi connectivity index (χ1v) is 9.31. The summed E-state index contributed by atoms with van der Waals surface area (Å²) < 4.78 is 0. The first-order valence-electron chi connectivity index (χ1n) is 7.55. The van der Waals surface area contributed by atoms with Gasteiger partial charge in [-0.1, -0.05) is 24.3 Å². The van der Waals surface area contributed by atoms with Crippen LogP contribution in [0.4, 0.5) is 15.6 Å². The van der Waals surface area contributed by atoms with Crippen molar-refractivity contribution in [2.24, 2.45) is 0 Å². The lowest BCUT2D eigenvalue weighted by Crippen LogP contribution is -2.24. The van der Waals surface area contributed by atoms with Crippen molar-refractivity contribution in [3.05, 3.63) is 63.8 Å². The van der Waals surface area contributed by atoms with E-state index in [0.29, 0.717) is 23.1 Å². The Morgan fingerprint density at radius 3 is 2.60 bits per heavy atom. The van der Waals surface area contributed by atoms with E-state index in [4.69, 9.17) is 0 Å². The number of rotatable bonds is 6. The van der Waals surface area contributed by atoms with Crippen LogP contribution >= 0.6 is 22.7 Å². The van der Waals surface area contributed by atoms with E-state index in [1.807, 2.05) is 35.7 Å². The summed E-state index contributed by atoms with van der Waals surface area (Å²) in [5, 5.41) is 12.4. The zero-order valence-electron chi connectivity index (χ0n) is 13.2. The maximum atomic E-state index is 11.9. The topological polar surface area (TPSA) is 83.1 Å². The summed E-state index contributed by atoms with van der Waals surface area (Å²) in [5.74, 6) is -0.0982. The lowest BCUT2D eigenvalue weighted by molar-refractivity contribution is -0.120. The van der Waals surface area contributed by atoms with Gasteiger partial charge in [0.2, 0.25) is 5.91 Å². The van der Waals surface area contributed by atoms with E-state index in [1.165, 1.54) is 11.3 Å². The van der Waals surface area contributed by atoms with Gasteiger partial charge in [0.05, 0.1) is 18.7 Å². The molecule has 2 heterocycles. The first kappa shape index (κ1) is 17.1. The molecule has 0 unspecified atom stereocenters. The molecule has 0 spiro atoms. The van der Waals surface area contributed by atoms with Gasteiger partial charge in [0, 0.05) is 15.9 Å². The molecule has 1 aromatic carbocycles. The van der Waals surface area contributed by atoms with Crippen molar-refractivity contribution in [3.8, 4) is 0 Å². The van der Waals surface area contributed by atoms with E-state index in [1.54, 1.807) is 28.8 Å². The normalized spacial score (nSPS) is 10.2. The molecule has 0 radical (unpaired) electrons. The maximum Gasteiger partial charge on any atom is 0.325 e. The predicted molar refractivity (Wildman–Crippen MR) is 101 cm³/mol. The molecule has 0 atom stereocenters. The monoisotopic (exact) mass is 372 g/mol. The van der Waals surface area contributed by atoms with Gasteiger partial charge in [-0.05, 0) is 23.6 Å². The molecule has 2 aromatic heterocycles. The number of benzene rings is 1. The number of aromatic nitrogens is 1. The summed E-state index contributed by atoms with van der Waals surface area (Å²) in [4.78, 5) is 29.2. The standard InChI is InChI=1S/C17H16N4O2S2/c22-15(18-10-14-7-4-8-24-14)9-13-11-25-17(20-13)21-16(23)19-12-5-2-1-3-6-12/h1-8,11H,9-10H2,(H,18,22)(H2,19,20,21,23). The number of hydrogen-bond donors (Lipinski definition) is 3. The predicted octanol–water partition coefficient (Wildman–Crippen LogP) is 3.71. The number of carbonyl (C=O) groups excluding carboxylic acids is 2. The number of nitrogens with one attached hydrogen (secondary N) is 3. The highest BCUT2D eigenvalue weighted by Gasteiger charge is 2.10. The summed E-state index contributed by atoms with van der Waals surface area (Å²) in [6, 6.07) is 12.7.